The summed E-state index contributed by atoms with van der Waals surface area (Å²) in [6, 6.07) is 2.54. The summed E-state index contributed by atoms with van der Waals surface area (Å²) in [5.41, 5.74) is 0.464. The Labute approximate surface area is 135 Å². The van der Waals surface area contributed by atoms with Gasteiger partial charge >= 0.3 is 5.97 Å². The summed E-state index contributed by atoms with van der Waals surface area (Å²) in [5.74, 6) is -0.687. The number of ether oxygens (including phenoxy) is 1. The number of esters is 1. The first-order valence-corrected chi connectivity index (χ1v) is 7.79. The largest absolute Gasteiger partial charge is 0.513 e. The number of rotatable bonds is 0. The van der Waals surface area contributed by atoms with E-state index in [4.69, 9.17) is 4.74 Å². The molecule has 5 heteroatoms. The highest BCUT2D eigenvalue weighted by Gasteiger charge is 2.20. The van der Waals surface area contributed by atoms with Gasteiger partial charge in [0.1, 0.15) is 17.1 Å². The van der Waals surface area contributed by atoms with Gasteiger partial charge in [-0.25, -0.2) is 4.79 Å². The summed E-state index contributed by atoms with van der Waals surface area (Å²) < 4.78 is 5.36. The molecule has 124 valence electrons. The van der Waals surface area contributed by atoms with Crippen LogP contribution in [0.5, 0.6) is 11.5 Å². The van der Waals surface area contributed by atoms with Crippen LogP contribution < -0.4 is 0 Å². The number of benzene rings is 1. The molecule has 1 aromatic rings. The van der Waals surface area contributed by atoms with E-state index in [0.717, 1.165) is 6.07 Å². The van der Waals surface area contributed by atoms with Gasteiger partial charge in [-0.2, -0.15) is 0 Å². The van der Waals surface area contributed by atoms with Crippen LogP contribution in [0.1, 0.15) is 54.9 Å². The predicted octanol–water partition coefficient (Wildman–Crippen LogP) is 4.06. The number of allylic oxidation sites excluding steroid dienone is 3. The molecule has 5 nitrogen and oxygen atoms in total. The summed E-state index contributed by atoms with van der Waals surface area (Å²) in [6.45, 7) is 1.78. The van der Waals surface area contributed by atoms with Crippen molar-refractivity contribution >= 4 is 12.0 Å². The minimum Gasteiger partial charge on any atom is -0.513 e. The van der Waals surface area contributed by atoms with E-state index < -0.39 is 5.97 Å². The van der Waals surface area contributed by atoms with Gasteiger partial charge in [-0.15, -0.1) is 0 Å². The highest BCUT2D eigenvalue weighted by Crippen LogP contribution is 2.30. The standard InChI is InChI=1S/C18H22O5/c1-12-6-5-9-14(19)8-4-2-3-7-13-10-15(20)11-16(21)17(13)18(22)23-12/h3,7-8,10-12,19-21H,2,4-6,9H2,1H3/b7-3+,14-8-/t12-/m0/s1. The summed E-state index contributed by atoms with van der Waals surface area (Å²) in [5, 5.41) is 29.4. The maximum absolute atomic E-state index is 12.3. The van der Waals surface area contributed by atoms with Crippen molar-refractivity contribution in [3.05, 3.63) is 41.2 Å². The molecule has 1 aliphatic heterocycles. The van der Waals surface area contributed by atoms with Gasteiger partial charge in [0.05, 0.1) is 11.9 Å². The maximum atomic E-state index is 12.3. The summed E-state index contributed by atoms with van der Waals surface area (Å²) in [6.07, 6.45) is 8.18. The van der Waals surface area contributed by atoms with Crippen molar-refractivity contribution in [2.75, 3.05) is 0 Å². The number of aliphatic hydroxyl groups excluding tert-OH is 1. The van der Waals surface area contributed by atoms with E-state index in [1.165, 1.54) is 6.07 Å². The molecule has 0 saturated heterocycles. The molecule has 2 rings (SSSR count). The molecular formula is C18H22O5. The van der Waals surface area contributed by atoms with Crippen LogP contribution >= 0.6 is 0 Å². The normalized spacial score (nSPS) is 23.8. The Morgan fingerprint density at radius 3 is 2.74 bits per heavy atom. The highest BCUT2D eigenvalue weighted by atomic mass is 16.5. The Morgan fingerprint density at radius 2 is 1.96 bits per heavy atom. The summed E-state index contributed by atoms with van der Waals surface area (Å²) in [4.78, 5) is 12.3. The molecule has 0 saturated carbocycles. The molecule has 1 atom stereocenters. The number of fused-ring (bicyclic) bond motifs is 1. The van der Waals surface area contributed by atoms with Crippen molar-refractivity contribution in [2.45, 2.75) is 45.1 Å². The molecule has 0 fully saturated rings. The first-order valence-electron chi connectivity index (χ1n) is 7.79. The zero-order chi connectivity index (χ0) is 16.8. The molecule has 0 aromatic heterocycles. The Balaban J connectivity index is 2.35. The Hall–Kier alpha value is -2.43. The van der Waals surface area contributed by atoms with Gasteiger partial charge in [-0.1, -0.05) is 12.2 Å². The van der Waals surface area contributed by atoms with Crippen molar-refractivity contribution in [2.24, 2.45) is 0 Å². The Bertz CT molecular complexity index is 631. The SMILES string of the molecule is C[C@H]1CCC/C(O)=C/CC/C=C/c2cc(O)cc(O)c2C(=O)O1. The van der Waals surface area contributed by atoms with Gasteiger partial charge in [0, 0.05) is 12.5 Å². The number of hydrogen-bond acceptors (Lipinski definition) is 5. The molecule has 0 aliphatic carbocycles. The van der Waals surface area contributed by atoms with E-state index in [1.54, 1.807) is 19.1 Å². The minimum absolute atomic E-state index is 0.0568. The van der Waals surface area contributed by atoms with Gasteiger partial charge < -0.3 is 20.1 Å². The second kappa shape index (κ2) is 7.72. The third-order valence-electron chi connectivity index (χ3n) is 3.70. The lowest BCUT2D eigenvalue weighted by molar-refractivity contribution is 0.0316. The lowest BCUT2D eigenvalue weighted by Crippen LogP contribution is -2.16. The summed E-state index contributed by atoms with van der Waals surface area (Å²) >= 11 is 0. The third-order valence-corrected chi connectivity index (χ3v) is 3.70. The first-order chi connectivity index (χ1) is 11.0. The molecule has 1 heterocycles. The van der Waals surface area contributed by atoms with E-state index in [1.807, 2.05) is 6.08 Å². The zero-order valence-corrected chi connectivity index (χ0v) is 13.2. The molecule has 3 N–H and O–H groups in total. The number of hydrogen-bond donors (Lipinski definition) is 3. The van der Waals surface area contributed by atoms with E-state index in [-0.39, 0.29) is 23.2 Å². The first kappa shape index (κ1) is 16.9. The van der Waals surface area contributed by atoms with Crippen LogP contribution in [0.15, 0.2) is 30.0 Å². The van der Waals surface area contributed by atoms with Crippen molar-refractivity contribution < 1.29 is 24.9 Å². The number of carbonyl (C=O) groups excluding carboxylic acids is 1. The second-order valence-corrected chi connectivity index (χ2v) is 5.71. The lowest BCUT2D eigenvalue weighted by Gasteiger charge is -2.15. The molecule has 0 amide bonds. The van der Waals surface area contributed by atoms with Gasteiger partial charge in [-0.3, -0.25) is 0 Å². The van der Waals surface area contributed by atoms with Gasteiger partial charge in [0.15, 0.2) is 0 Å². The van der Waals surface area contributed by atoms with Crippen LogP contribution in [0.25, 0.3) is 6.08 Å². The fraction of sp³-hybridized carbons (Fsp3) is 0.389. The minimum atomic E-state index is -0.619. The molecular weight excluding hydrogens is 296 g/mol. The van der Waals surface area contributed by atoms with Gasteiger partial charge in [0.25, 0.3) is 0 Å². The Kier molecular flexibility index (Phi) is 5.68. The topological polar surface area (TPSA) is 87.0 Å². The van der Waals surface area contributed by atoms with E-state index in [0.29, 0.717) is 43.4 Å². The predicted molar refractivity (Wildman–Crippen MR) is 87.5 cm³/mol. The van der Waals surface area contributed by atoms with Crippen molar-refractivity contribution in [1.82, 2.24) is 0 Å². The fourth-order valence-electron chi connectivity index (χ4n) is 2.52. The van der Waals surface area contributed by atoms with Crippen molar-refractivity contribution in [1.29, 1.82) is 0 Å². The molecule has 1 aromatic carbocycles. The molecule has 0 spiro atoms. The second-order valence-electron chi connectivity index (χ2n) is 5.71. The van der Waals surface area contributed by atoms with Crippen LogP contribution in [-0.4, -0.2) is 27.4 Å². The number of aliphatic hydroxyl groups is 1. The van der Waals surface area contributed by atoms with E-state index in [9.17, 15) is 20.1 Å². The maximum Gasteiger partial charge on any atom is 0.342 e. The number of phenols is 2. The third kappa shape index (κ3) is 4.77. The number of carbonyl (C=O) groups is 1. The van der Waals surface area contributed by atoms with Crippen LogP contribution in [0.4, 0.5) is 0 Å². The van der Waals surface area contributed by atoms with Crippen LogP contribution in [0.3, 0.4) is 0 Å². The lowest BCUT2D eigenvalue weighted by atomic mass is 10.0. The smallest absolute Gasteiger partial charge is 0.342 e. The number of cyclic esters (lactones) is 1. The van der Waals surface area contributed by atoms with Crippen molar-refractivity contribution in [3.8, 4) is 11.5 Å². The number of aromatic hydroxyl groups is 2. The Morgan fingerprint density at radius 1 is 1.17 bits per heavy atom. The van der Waals surface area contributed by atoms with Gasteiger partial charge in [-0.05, 0) is 50.3 Å². The van der Waals surface area contributed by atoms with E-state index in [2.05, 4.69) is 0 Å². The fourth-order valence-corrected chi connectivity index (χ4v) is 2.52. The highest BCUT2D eigenvalue weighted by molar-refractivity contribution is 5.97. The average Bonchev–Trinajstić information content (AvgIpc) is 2.45. The quantitative estimate of drug-likeness (QED) is 0.628. The average molecular weight is 318 g/mol. The summed E-state index contributed by atoms with van der Waals surface area (Å²) in [7, 11) is 0. The van der Waals surface area contributed by atoms with Crippen LogP contribution in [0, 0.1) is 0 Å². The molecule has 0 radical (unpaired) electrons. The molecule has 1 aliphatic rings. The molecule has 0 bridgehead atoms. The van der Waals surface area contributed by atoms with E-state index >= 15 is 0 Å². The molecule has 23 heavy (non-hydrogen) atoms. The van der Waals surface area contributed by atoms with Crippen LogP contribution in [0.2, 0.25) is 0 Å². The van der Waals surface area contributed by atoms with Crippen molar-refractivity contribution in [3.63, 3.8) is 0 Å². The number of phenolic OH excluding ortho intramolecular Hbond substituents is 2. The molecule has 0 unspecified atom stereocenters. The van der Waals surface area contributed by atoms with Gasteiger partial charge in [0.2, 0.25) is 0 Å². The van der Waals surface area contributed by atoms with Crippen LogP contribution in [-0.2, 0) is 4.74 Å². The monoisotopic (exact) mass is 318 g/mol. The zero-order valence-electron chi connectivity index (χ0n) is 13.2.